The van der Waals surface area contributed by atoms with E-state index in [-0.39, 0.29) is 0 Å². The summed E-state index contributed by atoms with van der Waals surface area (Å²) in [6.45, 7) is 4.93. The molecule has 0 aliphatic carbocycles. The van der Waals surface area contributed by atoms with Gasteiger partial charge in [-0.3, -0.25) is 0 Å². The van der Waals surface area contributed by atoms with Gasteiger partial charge in [-0.25, -0.2) is 4.98 Å². The Labute approximate surface area is 104 Å². The third-order valence-corrected chi connectivity index (χ3v) is 2.64. The highest BCUT2D eigenvalue weighted by molar-refractivity contribution is 5.31. The van der Waals surface area contributed by atoms with Gasteiger partial charge in [-0.1, -0.05) is 32.6 Å². The van der Waals surface area contributed by atoms with Crippen LogP contribution in [-0.2, 0) is 0 Å². The molecule has 96 valence electrons. The minimum atomic E-state index is 0.608. The number of unbranched alkanes of at least 4 members (excludes halogenated alkanes) is 4. The Bertz CT molecular complexity index is 328. The standard InChI is InChI=1S/C13H23N3O/c1-4-5-6-7-8-9-17-12-11(2)10-15-13(14-3)16-12/h10H,4-9H2,1-3H3,(H,14,15,16). The number of aryl methyl sites for hydroxylation is 1. The van der Waals surface area contributed by atoms with Gasteiger partial charge in [0, 0.05) is 18.8 Å². The van der Waals surface area contributed by atoms with E-state index in [1.807, 2.05) is 6.92 Å². The van der Waals surface area contributed by atoms with Crippen molar-refractivity contribution in [1.82, 2.24) is 9.97 Å². The lowest BCUT2D eigenvalue weighted by molar-refractivity contribution is 0.291. The van der Waals surface area contributed by atoms with Crippen LogP contribution in [0.5, 0.6) is 5.88 Å². The van der Waals surface area contributed by atoms with Crippen LogP contribution in [0, 0.1) is 6.92 Å². The highest BCUT2D eigenvalue weighted by Crippen LogP contribution is 2.15. The Hall–Kier alpha value is -1.32. The van der Waals surface area contributed by atoms with E-state index in [4.69, 9.17) is 4.74 Å². The van der Waals surface area contributed by atoms with E-state index in [0.717, 1.165) is 18.6 Å². The van der Waals surface area contributed by atoms with Gasteiger partial charge in [-0.15, -0.1) is 0 Å². The van der Waals surface area contributed by atoms with E-state index in [2.05, 4.69) is 22.2 Å². The van der Waals surface area contributed by atoms with Crippen LogP contribution < -0.4 is 10.1 Å². The van der Waals surface area contributed by atoms with Crippen molar-refractivity contribution in [2.24, 2.45) is 0 Å². The van der Waals surface area contributed by atoms with Crippen LogP contribution in [0.25, 0.3) is 0 Å². The molecule has 0 unspecified atom stereocenters. The normalized spacial score (nSPS) is 10.3. The molecule has 0 radical (unpaired) electrons. The molecular formula is C13H23N3O. The Morgan fingerprint density at radius 3 is 2.71 bits per heavy atom. The molecule has 0 atom stereocenters. The second-order valence-corrected chi connectivity index (χ2v) is 4.19. The molecule has 1 aromatic rings. The molecule has 0 saturated heterocycles. The molecular weight excluding hydrogens is 214 g/mol. The molecule has 17 heavy (non-hydrogen) atoms. The number of hydrogen-bond acceptors (Lipinski definition) is 4. The largest absolute Gasteiger partial charge is 0.477 e. The molecule has 1 rings (SSSR count). The van der Waals surface area contributed by atoms with Gasteiger partial charge in [0.25, 0.3) is 0 Å². The fourth-order valence-corrected chi connectivity index (χ4v) is 1.57. The summed E-state index contributed by atoms with van der Waals surface area (Å²) in [4.78, 5) is 8.40. The third-order valence-electron chi connectivity index (χ3n) is 2.64. The Morgan fingerprint density at radius 2 is 2.00 bits per heavy atom. The molecule has 1 heterocycles. The first-order valence-electron chi connectivity index (χ1n) is 6.42. The number of ether oxygens (including phenoxy) is 1. The van der Waals surface area contributed by atoms with Crippen molar-refractivity contribution >= 4 is 5.95 Å². The Morgan fingerprint density at radius 1 is 1.24 bits per heavy atom. The van der Waals surface area contributed by atoms with Gasteiger partial charge in [-0.2, -0.15) is 4.98 Å². The first-order valence-corrected chi connectivity index (χ1v) is 6.42. The van der Waals surface area contributed by atoms with Crippen molar-refractivity contribution < 1.29 is 4.74 Å². The second kappa shape index (κ2) is 7.87. The molecule has 4 heteroatoms. The summed E-state index contributed by atoms with van der Waals surface area (Å²) < 4.78 is 5.67. The maximum absolute atomic E-state index is 5.67. The summed E-state index contributed by atoms with van der Waals surface area (Å²) >= 11 is 0. The van der Waals surface area contributed by atoms with Gasteiger partial charge < -0.3 is 10.1 Å². The maximum atomic E-state index is 5.67. The van der Waals surface area contributed by atoms with E-state index in [9.17, 15) is 0 Å². The summed E-state index contributed by atoms with van der Waals surface area (Å²) in [5.74, 6) is 1.30. The van der Waals surface area contributed by atoms with Gasteiger partial charge in [-0.05, 0) is 13.3 Å². The fraction of sp³-hybridized carbons (Fsp3) is 0.692. The molecule has 4 nitrogen and oxygen atoms in total. The van der Waals surface area contributed by atoms with E-state index in [1.54, 1.807) is 13.2 Å². The van der Waals surface area contributed by atoms with E-state index in [1.165, 1.54) is 25.7 Å². The van der Waals surface area contributed by atoms with Crippen LogP contribution in [0.4, 0.5) is 5.95 Å². The molecule has 0 bridgehead atoms. The SMILES string of the molecule is CCCCCCCOc1nc(NC)ncc1C. The van der Waals surface area contributed by atoms with Crippen LogP contribution in [0.3, 0.4) is 0 Å². The molecule has 0 aliphatic heterocycles. The topological polar surface area (TPSA) is 47.0 Å². The molecule has 1 N–H and O–H groups in total. The van der Waals surface area contributed by atoms with Crippen LogP contribution in [0.15, 0.2) is 6.20 Å². The van der Waals surface area contributed by atoms with Crippen molar-refractivity contribution in [3.8, 4) is 5.88 Å². The summed E-state index contributed by atoms with van der Waals surface area (Å²) in [5, 5.41) is 2.91. The number of anilines is 1. The molecule has 0 fully saturated rings. The lowest BCUT2D eigenvalue weighted by atomic mass is 10.2. The van der Waals surface area contributed by atoms with Crippen molar-refractivity contribution in [1.29, 1.82) is 0 Å². The van der Waals surface area contributed by atoms with Gasteiger partial charge in [0.05, 0.1) is 6.61 Å². The van der Waals surface area contributed by atoms with Crippen molar-refractivity contribution in [2.45, 2.75) is 46.0 Å². The van der Waals surface area contributed by atoms with Crippen LogP contribution >= 0.6 is 0 Å². The summed E-state index contributed by atoms with van der Waals surface area (Å²) in [5.41, 5.74) is 0.984. The number of aromatic nitrogens is 2. The molecule has 0 aromatic carbocycles. The smallest absolute Gasteiger partial charge is 0.225 e. The van der Waals surface area contributed by atoms with Crippen molar-refractivity contribution in [3.05, 3.63) is 11.8 Å². The Balaban J connectivity index is 2.30. The number of nitrogens with one attached hydrogen (secondary N) is 1. The molecule has 1 aromatic heterocycles. The predicted molar refractivity (Wildman–Crippen MR) is 70.6 cm³/mol. The average molecular weight is 237 g/mol. The van der Waals surface area contributed by atoms with E-state index >= 15 is 0 Å². The van der Waals surface area contributed by atoms with Gasteiger partial charge in [0.15, 0.2) is 0 Å². The summed E-state index contributed by atoms with van der Waals surface area (Å²) in [6.07, 6.45) is 8.00. The van der Waals surface area contributed by atoms with E-state index in [0.29, 0.717) is 11.8 Å². The summed E-state index contributed by atoms with van der Waals surface area (Å²) in [7, 11) is 1.80. The zero-order chi connectivity index (χ0) is 12.5. The van der Waals surface area contributed by atoms with Crippen LogP contribution in [-0.4, -0.2) is 23.6 Å². The van der Waals surface area contributed by atoms with Crippen molar-refractivity contribution in [3.63, 3.8) is 0 Å². The first-order chi connectivity index (χ1) is 8.27. The Kier molecular flexibility index (Phi) is 6.37. The molecule has 0 amide bonds. The maximum Gasteiger partial charge on any atom is 0.225 e. The van der Waals surface area contributed by atoms with Gasteiger partial charge in [0.2, 0.25) is 11.8 Å². The van der Waals surface area contributed by atoms with Gasteiger partial charge >= 0.3 is 0 Å². The minimum Gasteiger partial charge on any atom is -0.477 e. The summed E-state index contributed by atoms with van der Waals surface area (Å²) in [6, 6.07) is 0. The average Bonchev–Trinajstić information content (AvgIpc) is 2.35. The highest BCUT2D eigenvalue weighted by Gasteiger charge is 2.03. The monoisotopic (exact) mass is 237 g/mol. The fourth-order valence-electron chi connectivity index (χ4n) is 1.57. The second-order valence-electron chi connectivity index (χ2n) is 4.19. The molecule has 0 aliphatic rings. The van der Waals surface area contributed by atoms with E-state index < -0.39 is 0 Å². The third kappa shape index (κ3) is 5.02. The lowest BCUT2D eigenvalue weighted by Gasteiger charge is -2.08. The molecule has 0 spiro atoms. The predicted octanol–water partition coefficient (Wildman–Crippen LogP) is 3.18. The minimum absolute atomic E-state index is 0.608. The zero-order valence-electron chi connectivity index (χ0n) is 11.1. The quantitative estimate of drug-likeness (QED) is 0.705. The number of nitrogens with zero attached hydrogens (tertiary/aromatic N) is 2. The number of hydrogen-bond donors (Lipinski definition) is 1. The number of rotatable bonds is 8. The highest BCUT2D eigenvalue weighted by atomic mass is 16.5. The van der Waals surface area contributed by atoms with Crippen LogP contribution in [0.2, 0.25) is 0 Å². The molecule has 0 saturated carbocycles. The first kappa shape index (κ1) is 13.7. The van der Waals surface area contributed by atoms with Crippen molar-refractivity contribution in [2.75, 3.05) is 19.0 Å². The van der Waals surface area contributed by atoms with Crippen LogP contribution in [0.1, 0.15) is 44.6 Å². The van der Waals surface area contributed by atoms with Gasteiger partial charge in [0.1, 0.15) is 0 Å². The zero-order valence-corrected chi connectivity index (χ0v) is 11.1. The lowest BCUT2D eigenvalue weighted by Crippen LogP contribution is -2.04.